The van der Waals surface area contributed by atoms with E-state index in [1.165, 1.54) is 0 Å². The second-order valence-corrected chi connectivity index (χ2v) is 6.96. The van der Waals surface area contributed by atoms with E-state index >= 15 is 0 Å². The molecule has 1 aliphatic rings. The van der Waals surface area contributed by atoms with Gasteiger partial charge in [-0.2, -0.15) is 0 Å². The number of carbonyl (C=O) groups excluding carboxylic acids is 3. The molecule has 0 aromatic heterocycles. The first kappa shape index (κ1) is 19.8. The average molecular weight is 398 g/mol. The van der Waals surface area contributed by atoms with Crippen LogP contribution in [0.3, 0.4) is 0 Å². The fourth-order valence-corrected chi connectivity index (χ4v) is 3.16. The zero-order chi connectivity index (χ0) is 20.3. The standard InChI is InChI=1S/C22H20ClNO4/c1-3-12-28-22(27)17-10-6-15(7-11-17)13-24-20(25)18(19(23)21(24)26)16-8-4-14(2)5-9-16/h4-11H,3,12-13H2,1-2H3. The number of ether oxygens (including phenoxy) is 1. The molecule has 0 unspecified atom stereocenters. The minimum Gasteiger partial charge on any atom is -0.462 e. The van der Waals surface area contributed by atoms with Crippen LogP contribution in [-0.4, -0.2) is 29.3 Å². The third kappa shape index (κ3) is 3.99. The summed E-state index contributed by atoms with van der Waals surface area (Å²) in [4.78, 5) is 38.3. The van der Waals surface area contributed by atoms with Gasteiger partial charge >= 0.3 is 5.97 Å². The van der Waals surface area contributed by atoms with Crippen LogP contribution >= 0.6 is 11.6 Å². The van der Waals surface area contributed by atoms with E-state index in [2.05, 4.69) is 0 Å². The Bertz CT molecular complexity index is 946. The topological polar surface area (TPSA) is 63.7 Å². The summed E-state index contributed by atoms with van der Waals surface area (Å²) in [5, 5.41) is -0.0754. The van der Waals surface area contributed by atoms with Gasteiger partial charge < -0.3 is 4.74 Å². The minimum absolute atomic E-state index is 0.0754. The SMILES string of the molecule is CCCOC(=O)c1ccc(CN2C(=O)C(Cl)=C(c3ccc(C)cc3)C2=O)cc1. The van der Waals surface area contributed by atoms with Gasteiger partial charge in [0.25, 0.3) is 11.8 Å². The number of nitrogens with zero attached hydrogens (tertiary/aromatic N) is 1. The largest absolute Gasteiger partial charge is 0.462 e. The summed E-state index contributed by atoms with van der Waals surface area (Å²) in [5.74, 6) is -1.34. The highest BCUT2D eigenvalue weighted by molar-refractivity contribution is 6.55. The van der Waals surface area contributed by atoms with Gasteiger partial charge in [-0.25, -0.2) is 4.79 Å². The van der Waals surface area contributed by atoms with Gasteiger partial charge in [-0.3, -0.25) is 14.5 Å². The molecule has 0 bridgehead atoms. The number of halogens is 1. The minimum atomic E-state index is -0.520. The van der Waals surface area contributed by atoms with Crippen LogP contribution in [0.1, 0.15) is 40.4 Å². The molecule has 3 rings (SSSR count). The first-order valence-electron chi connectivity index (χ1n) is 9.01. The molecule has 2 aromatic rings. The lowest BCUT2D eigenvalue weighted by atomic mass is 10.0. The predicted octanol–water partition coefficient (Wildman–Crippen LogP) is 4.08. The van der Waals surface area contributed by atoms with Crippen molar-refractivity contribution in [2.24, 2.45) is 0 Å². The van der Waals surface area contributed by atoms with Crippen molar-refractivity contribution in [1.29, 1.82) is 0 Å². The lowest BCUT2D eigenvalue weighted by molar-refractivity contribution is -0.137. The van der Waals surface area contributed by atoms with Gasteiger partial charge in [0.2, 0.25) is 0 Å². The third-order valence-corrected chi connectivity index (χ3v) is 4.77. The molecular formula is C22H20ClNO4. The number of carbonyl (C=O) groups is 3. The Morgan fingerprint density at radius 1 is 1.00 bits per heavy atom. The number of aryl methyl sites for hydroxylation is 1. The lowest BCUT2D eigenvalue weighted by Crippen LogP contribution is -2.30. The fourth-order valence-electron chi connectivity index (χ4n) is 2.87. The molecule has 5 nitrogen and oxygen atoms in total. The van der Waals surface area contributed by atoms with Crippen molar-refractivity contribution in [2.45, 2.75) is 26.8 Å². The van der Waals surface area contributed by atoms with Crippen LogP contribution in [0.25, 0.3) is 5.57 Å². The highest BCUT2D eigenvalue weighted by Gasteiger charge is 2.38. The van der Waals surface area contributed by atoms with E-state index in [-0.39, 0.29) is 17.2 Å². The number of amides is 2. The Hall–Kier alpha value is -2.92. The van der Waals surface area contributed by atoms with E-state index in [1.807, 2.05) is 26.0 Å². The maximum absolute atomic E-state index is 12.8. The highest BCUT2D eigenvalue weighted by Crippen LogP contribution is 2.32. The van der Waals surface area contributed by atoms with Gasteiger partial charge in [0.15, 0.2) is 0 Å². The molecule has 1 heterocycles. The van der Waals surface area contributed by atoms with Gasteiger partial charge in [0.05, 0.1) is 24.3 Å². The summed E-state index contributed by atoms with van der Waals surface area (Å²) >= 11 is 6.18. The molecule has 28 heavy (non-hydrogen) atoms. The van der Waals surface area contributed by atoms with Crippen LogP contribution in [0.2, 0.25) is 0 Å². The smallest absolute Gasteiger partial charge is 0.338 e. The van der Waals surface area contributed by atoms with Crippen molar-refractivity contribution < 1.29 is 19.1 Å². The van der Waals surface area contributed by atoms with E-state index in [1.54, 1.807) is 36.4 Å². The molecule has 2 aromatic carbocycles. The van der Waals surface area contributed by atoms with Crippen molar-refractivity contribution in [3.05, 3.63) is 75.8 Å². The van der Waals surface area contributed by atoms with Crippen LogP contribution < -0.4 is 0 Å². The quantitative estimate of drug-likeness (QED) is 0.544. The molecule has 0 atom stereocenters. The number of imide groups is 1. The molecule has 0 fully saturated rings. The third-order valence-electron chi connectivity index (χ3n) is 4.42. The highest BCUT2D eigenvalue weighted by atomic mass is 35.5. The zero-order valence-electron chi connectivity index (χ0n) is 15.7. The van der Waals surface area contributed by atoms with Gasteiger partial charge in [0.1, 0.15) is 5.03 Å². The van der Waals surface area contributed by atoms with Gasteiger partial charge in [-0.05, 0) is 36.6 Å². The number of rotatable bonds is 6. The van der Waals surface area contributed by atoms with Crippen LogP contribution in [0.5, 0.6) is 0 Å². The molecule has 0 N–H and O–H groups in total. The summed E-state index contributed by atoms with van der Waals surface area (Å²) in [7, 11) is 0. The molecule has 2 amide bonds. The molecule has 0 saturated heterocycles. The van der Waals surface area contributed by atoms with E-state index in [9.17, 15) is 14.4 Å². The first-order valence-corrected chi connectivity index (χ1v) is 9.39. The Morgan fingerprint density at radius 3 is 2.25 bits per heavy atom. The van der Waals surface area contributed by atoms with E-state index < -0.39 is 17.8 Å². The summed E-state index contributed by atoms with van der Waals surface area (Å²) in [6.07, 6.45) is 0.750. The number of hydrogen-bond acceptors (Lipinski definition) is 4. The van der Waals surface area contributed by atoms with E-state index in [4.69, 9.17) is 16.3 Å². The Kier molecular flexibility index (Phi) is 5.95. The number of benzene rings is 2. The van der Waals surface area contributed by atoms with Crippen molar-refractivity contribution in [1.82, 2.24) is 4.90 Å². The second kappa shape index (κ2) is 8.40. The van der Waals surface area contributed by atoms with Crippen molar-refractivity contribution in [3.63, 3.8) is 0 Å². The van der Waals surface area contributed by atoms with Gasteiger partial charge in [-0.15, -0.1) is 0 Å². The Morgan fingerprint density at radius 2 is 1.64 bits per heavy atom. The monoisotopic (exact) mass is 397 g/mol. The first-order chi connectivity index (χ1) is 13.4. The molecule has 0 saturated carbocycles. The van der Waals surface area contributed by atoms with Crippen molar-refractivity contribution >= 4 is 35.0 Å². The second-order valence-electron chi connectivity index (χ2n) is 6.58. The van der Waals surface area contributed by atoms with Crippen LogP contribution in [-0.2, 0) is 20.9 Å². The van der Waals surface area contributed by atoms with Gasteiger partial charge in [0, 0.05) is 0 Å². The molecule has 144 valence electrons. The lowest BCUT2D eigenvalue weighted by Gasteiger charge is -2.15. The summed E-state index contributed by atoms with van der Waals surface area (Å²) in [6.45, 7) is 4.30. The molecule has 6 heteroatoms. The Balaban J connectivity index is 1.75. The normalized spacial score (nSPS) is 14.0. The van der Waals surface area contributed by atoms with Crippen LogP contribution in [0, 0.1) is 6.92 Å². The predicted molar refractivity (Wildman–Crippen MR) is 107 cm³/mol. The van der Waals surface area contributed by atoms with E-state index in [0.29, 0.717) is 23.3 Å². The molecule has 0 spiro atoms. The number of hydrogen-bond donors (Lipinski definition) is 0. The maximum atomic E-state index is 12.8. The summed E-state index contributed by atoms with van der Waals surface area (Å²) in [5.41, 5.74) is 3.01. The Labute approximate surface area is 168 Å². The number of esters is 1. The molecule has 0 aliphatic carbocycles. The summed E-state index contributed by atoms with van der Waals surface area (Å²) < 4.78 is 5.09. The van der Waals surface area contributed by atoms with Crippen molar-refractivity contribution in [2.75, 3.05) is 6.61 Å². The fraction of sp³-hybridized carbons (Fsp3) is 0.227. The van der Waals surface area contributed by atoms with Crippen LogP contribution in [0.4, 0.5) is 0 Å². The average Bonchev–Trinajstić information content (AvgIpc) is 2.91. The molecular weight excluding hydrogens is 378 g/mol. The van der Waals surface area contributed by atoms with Gasteiger partial charge in [-0.1, -0.05) is 60.5 Å². The molecule has 1 aliphatic heterocycles. The van der Waals surface area contributed by atoms with Crippen molar-refractivity contribution in [3.8, 4) is 0 Å². The van der Waals surface area contributed by atoms with E-state index in [0.717, 1.165) is 16.9 Å². The molecule has 0 radical (unpaired) electrons. The van der Waals surface area contributed by atoms with Crippen LogP contribution in [0.15, 0.2) is 53.6 Å². The maximum Gasteiger partial charge on any atom is 0.338 e. The zero-order valence-corrected chi connectivity index (χ0v) is 16.5. The summed E-state index contributed by atoms with van der Waals surface area (Å²) in [6, 6.07) is 13.9.